The van der Waals surface area contributed by atoms with Gasteiger partial charge in [-0.3, -0.25) is 4.79 Å². The number of anilines is 1. The predicted octanol–water partition coefficient (Wildman–Crippen LogP) is 4.52. The van der Waals surface area contributed by atoms with E-state index in [0.717, 1.165) is 11.6 Å². The molecule has 2 aromatic rings. The molecule has 108 valence electrons. The van der Waals surface area contributed by atoms with Gasteiger partial charge in [-0.1, -0.05) is 29.8 Å². The Kier molecular flexibility index (Phi) is 3.17. The zero-order valence-corrected chi connectivity index (χ0v) is 11.3. The molecule has 1 N–H and O–H groups in total. The van der Waals surface area contributed by atoms with E-state index < -0.39 is 11.7 Å². The molecular formula is C15H9ClF3NO. The van der Waals surface area contributed by atoms with Crippen LogP contribution in [0, 0.1) is 0 Å². The summed E-state index contributed by atoms with van der Waals surface area (Å²) < 4.78 is 38.6. The summed E-state index contributed by atoms with van der Waals surface area (Å²) >= 11 is 5.91. The Morgan fingerprint density at radius 2 is 1.90 bits per heavy atom. The van der Waals surface area contributed by atoms with Crippen molar-refractivity contribution in [1.29, 1.82) is 0 Å². The second-order valence-electron chi connectivity index (χ2n) is 4.76. The quantitative estimate of drug-likeness (QED) is 0.824. The van der Waals surface area contributed by atoms with Crippen LogP contribution >= 0.6 is 11.6 Å². The van der Waals surface area contributed by atoms with Crippen molar-refractivity contribution in [2.75, 3.05) is 5.32 Å². The van der Waals surface area contributed by atoms with Crippen molar-refractivity contribution in [3.63, 3.8) is 0 Å². The van der Waals surface area contributed by atoms with Crippen molar-refractivity contribution in [1.82, 2.24) is 0 Å². The standard InChI is InChI=1S/C15H9ClF3NO/c16-14-10(2-1-3-11(14)15(17,18)19)8-4-5-12-9(6-8)7-13(21)20-12/h1-6H,7H2,(H,20,21). The van der Waals surface area contributed by atoms with Crippen LogP contribution in [0.25, 0.3) is 11.1 Å². The Morgan fingerprint density at radius 3 is 2.62 bits per heavy atom. The molecule has 0 saturated carbocycles. The lowest BCUT2D eigenvalue weighted by Gasteiger charge is -2.13. The normalized spacial score (nSPS) is 14.0. The third kappa shape index (κ3) is 2.49. The number of nitrogens with one attached hydrogen (secondary N) is 1. The van der Waals surface area contributed by atoms with Crippen LogP contribution in [-0.4, -0.2) is 5.91 Å². The van der Waals surface area contributed by atoms with E-state index in [2.05, 4.69) is 5.32 Å². The highest BCUT2D eigenvalue weighted by molar-refractivity contribution is 6.34. The highest BCUT2D eigenvalue weighted by Crippen LogP contribution is 2.40. The van der Waals surface area contributed by atoms with E-state index in [4.69, 9.17) is 11.6 Å². The monoisotopic (exact) mass is 311 g/mol. The first-order valence-electron chi connectivity index (χ1n) is 6.15. The Bertz CT molecular complexity index is 740. The summed E-state index contributed by atoms with van der Waals surface area (Å²) in [4.78, 5) is 11.3. The van der Waals surface area contributed by atoms with Gasteiger partial charge in [0.25, 0.3) is 0 Å². The van der Waals surface area contributed by atoms with Gasteiger partial charge >= 0.3 is 6.18 Å². The number of rotatable bonds is 1. The van der Waals surface area contributed by atoms with Crippen molar-refractivity contribution >= 4 is 23.2 Å². The first-order valence-corrected chi connectivity index (χ1v) is 6.53. The first kappa shape index (κ1) is 13.9. The molecule has 0 unspecified atom stereocenters. The number of amides is 1. The highest BCUT2D eigenvalue weighted by Gasteiger charge is 2.34. The number of carbonyl (C=O) groups is 1. The number of alkyl halides is 3. The van der Waals surface area contributed by atoms with E-state index in [9.17, 15) is 18.0 Å². The van der Waals surface area contributed by atoms with E-state index in [1.165, 1.54) is 12.1 Å². The molecule has 0 spiro atoms. The zero-order chi connectivity index (χ0) is 15.2. The second-order valence-corrected chi connectivity index (χ2v) is 5.14. The first-order chi connectivity index (χ1) is 9.86. The highest BCUT2D eigenvalue weighted by atomic mass is 35.5. The van der Waals surface area contributed by atoms with Gasteiger partial charge in [-0.25, -0.2) is 0 Å². The van der Waals surface area contributed by atoms with Gasteiger partial charge in [0.2, 0.25) is 5.91 Å². The van der Waals surface area contributed by atoms with E-state index in [1.54, 1.807) is 18.2 Å². The van der Waals surface area contributed by atoms with E-state index >= 15 is 0 Å². The van der Waals surface area contributed by atoms with Gasteiger partial charge in [-0.2, -0.15) is 13.2 Å². The Hall–Kier alpha value is -2.01. The van der Waals surface area contributed by atoms with E-state index in [-0.39, 0.29) is 17.4 Å². The van der Waals surface area contributed by atoms with Gasteiger partial charge in [0.15, 0.2) is 0 Å². The maximum atomic E-state index is 12.9. The molecule has 6 heteroatoms. The molecule has 2 nitrogen and oxygen atoms in total. The van der Waals surface area contributed by atoms with Crippen molar-refractivity contribution < 1.29 is 18.0 Å². The molecule has 0 atom stereocenters. The Balaban J connectivity index is 2.10. The molecule has 0 saturated heterocycles. The summed E-state index contributed by atoms with van der Waals surface area (Å²) in [6, 6.07) is 8.81. The molecule has 0 bridgehead atoms. The van der Waals surface area contributed by atoms with E-state index in [1.807, 2.05) is 0 Å². The topological polar surface area (TPSA) is 29.1 Å². The molecule has 3 rings (SSSR count). The van der Waals surface area contributed by atoms with Gasteiger partial charge in [0.05, 0.1) is 17.0 Å². The van der Waals surface area contributed by atoms with E-state index in [0.29, 0.717) is 16.8 Å². The minimum atomic E-state index is -4.50. The number of hydrogen-bond donors (Lipinski definition) is 1. The average Bonchev–Trinajstić information content (AvgIpc) is 2.76. The smallest absolute Gasteiger partial charge is 0.326 e. The maximum Gasteiger partial charge on any atom is 0.417 e. The Morgan fingerprint density at radius 1 is 1.14 bits per heavy atom. The van der Waals surface area contributed by atoms with Crippen molar-refractivity contribution in [2.45, 2.75) is 12.6 Å². The number of benzene rings is 2. The largest absolute Gasteiger partial charge is 0.417 e. The molecule has 1 aliphatic heterocycles. The predicted molar refractivity (Wildman–Crippen MR) is 74.2 cm³/mol. The Labute approximate surface area is 123 Å². The van der Waals surface area contributed by atoms with Crippen LogP contribution in [0.2, 0.25) is 5.02 Å². The van der Waals surface area contributed by atoms with Gasteiger partial charge < -0.3 is 5.32 Å². The van der Waals surface area contributed by atoms with Crippen molar-refractivity contribution in [2.24, 2.45) is 0 Å². The molecule has 1 amide bonds. The summed E-state index contributed by atoms with van der Waals surface area (Å²) in [6.45, 7) is 0. The molecule has 1 heterocycles. The fourth-order valence-corrected chi connectivity index (χ4v) is 2.71. The molecule has 0 aromatic heterocycles. The SMILES string of the molecule is O=C1Cc2cc(-c3cccc(C(F)(F)F)c3Cl)ccc2N1. The van der Waals surface area contributed by atoms with Crippen LogP contribution < -0.4 is 5.32 Å². The third-order valence-electron chi connectivity index (χ3n) is 3.35. The van der Waals surface area contributed by atoms with Gasteiger partial charge in [-0.05, 0) is 29.3 Å². The lowest BCUT2D eigenvalue weighted by molar-refractivity contribution is -0.137. The summed E-state index contributed by atoms with van der Waals surface area (Å²) in [5, 5.41) is 2.34. The lowest BCUT2D eigenvalue weighted by atomic mass is 9.99. The van der Waals surface area contributed by atoms with Crippen LogP contribution in [0.1, 0.15) is 11.1 Å². The van der Waals surface area contributed by atoms with Crippen LogP contribution in [-0.2, 0) is 17.4 Å². The lowest BCUT2D eigenvalue weighted by Crippen LogP contribution is -2.06. The number of halogens is 4. The van der Waals surface area contributed by atoms with Crippen LogP contribution in [0.5, 0.6) is 0 Å². The van der Waals surface area contributed by atoms with Crippen molar-refractivity contribution in [3.05, 3.63) is 52.5 Å². The van der Waals surface area contributed by atoms with Gasteiger partial charge in [-0.15, -0.1) is 0 Å². The molecule has 2 aromatic carbocycles. The minimum absolute atomic E-state index is 0.128. The third-order valence-corrected chi connectivity index (χ3v) is 3.75. The van der Waals surface area contributed by atoms with Crippen LogP contribution in [0.4, 0.5) is 18.9 Å². The summed E-state index contributed by atoms with van der Waals surface area (Å²) in [5.41, 5.74) is 1.43. The molecule has 21 heavy (non-hydrogen) atoms. The fourth-order valence-electron chi connectivity index (χ4n) is 2.37. The fraction of sp³-hybridized carbons (Fsp3) is 0.133. The number of fused-ring (bicyclic) bond motifs is 1. The summed E-state index contributed by atoms with van der Waals surface area (Å²) in [7, 11) is 0. The second kappa shape index (κ2) is 4.77. The number of hydrogen-bond acceptors (Lipinski definition) is 1. The summed E-state index contributed by atoms with van der Waals surface area (Å²) in [6.07, 6.45) is -4.28. The van der Waals surface area contributed by atoms with Crippen LogP contribution in [0.3, 0.4) is 0 Å². The number of carbonyl (C=O) groups excluding carboxylic acids is 1. The maximum absolute atomic E-state index is 12.9. The van der Waals surface area contributed by atoms with Crippen molar-refractivity contribution in [3.8, 4) is 11.1 Å². The van der Waals surface area contributed by atoms with Crippen LogP contribution in [0.15, 0.2) is 36.4 Å². The molecule has 1 aliphatic rings. The summed E-state index contributed by atoms with van der Waals surface area (Å²) in [5.74, 6) is -0.128. The molecule has 0 radical (unpaired) electrons. The minimum Gasteiger partial charge on any atom is -0.326 e. The molecule has 0 aliphatic carbocycles. The molecule has 0 fully saturated rings. The van der Waals surface area contributed by atoms with Gasteiger partial charge in [0, 0.05) is 11.3 Å². The zero-order valence-electron chi connectivity index (χ0n) is 10.6. The van der Waals surface area contributed by atoms with Gasteiger partial charge in [0.1, 0.15) is 0 Å². The molecular weight excluding hydrogens is 303 g/mol. The average molecular weight is 312 g/mol.